The second kappa shape index (κ2) is 4.90. The molecule has 0 radical (unpaired) electrons. The van der Waals surface area contributed by atoms with Crippen molar-refractivity contribution in [1.29, 1.82) is 0 Å². The molecule has 0 aliphatic heterocycles. The van der Waals surface area contributed by atoms with E-state index in [1.165, 1.54) is 6.07 Å². The van der Waals surface area contributed by atoms with E-state index >= 15 is 0 Å². The number of benzene rings is 2. The predicted molar refractivity (Wildman–Crippen MR) is 75.3 cm³/mol. The normalized spacial score (nSPS) is 10.3. The van der Waals surface area contributed by atoms with Crippen molar-refractivity contribution in [1.82, 2.24) is 9.55 Å². The Morgan fingerprint density at radius 1 is 0.789 bits per heavy atom. The summed E-state index contributed by atoms with van der Waals surface area (Å²) in [5, 5.41) is 0. The topological polar surface area (TPSA) is 34.9 Å². The van der Waals surface area contributed by atoms with Gasteiger partial charge < -0.3 is 0 Å². The molecule has 3 heteroatoms. The van der Waals surface area contributed by atoms with Crippen LogP contribution in [0, 0.1) is 0 Å². The van der Waals surface area contributed by atoms with Gasteiger partial charge in [0.15, 0.2) is 0 Å². The van der Waals surface area contributed by atoms with Gasteiger partial charge in [-0.1, -0.05) is 48.5 Å². The first-order valence-electron chi connectivity index (χ1n) is 6.05. The monoisotopic (exact) mass is 248 g/mol. The predicted octanol–water partition coefficient (Wildman–Crippen LogP) is 2.90. The van der Waals surface area contributed by atoms with Gasteiger partial charge in [-0.3, -0.25) is 9.36 Å². The molecular weight excluding hydrogens is 236 g/mol. The lowest BCUT2D eigenvalue weighted by atomic mass is 10.2. The molecule has 0 N–H and O–H groups in total. The van der Waals surface area contributed by atoms with Crippen LogP contribution in [0.4, 0.5) is 0 Å². The number of rotatable bonds is 2. The van der Waals surface area contributed by atoms with Gasteiger partial charge in [0, 0.05) is 17.8 Å². The summed E-state index contributed by atoms with van der Waals surface area (Å²) in [6.45, 7) is 0. The van der Waals surface area contributed by atoms with Gasteiger partial charge in [0.1, 0.15) is 5.82 Å². The number of hydrogen-bond donors (Lipinski definition) is 0. The molecule has 0 bridgehead atoms. The molecule has 3 rings (SSSR count). The molecule has 1 heterocycles. The van der Waals surface area contributed by atoms with Crippen molar-refractivity contribution in [2.75, 3.05) is 0 Å². The summed E-state index contributed by atoms with van der Waals surface area (Å²) in [6, 6.07) is 20.7. The lowest BCUT2D eigenvalue weighted by molar-refractivity contribution is 0.949. The van der Waals surface area contributed by atoms with E-state index in [0.717, 1.165) is 11.3 Å². The summed E-state index contributed by atoms with van der Waals surface area (Å²) in [6.07, 6.45) is 1.55. The Labute approximate surface area is 110 Å². The van der Waals surface area contributed by atoms with Gasteiger partial charge in [-0.15, -0.1) is 0 Å². The number of aromatic nitrogens is 2. The second-order valence-corrected chi connectivity index (χ2v) is 4.14. The van der Waals surface area contributed by atoms with Crippen LogP contribution in [-0.2, 0) is 0 Å². The number of para-hydroxylation sites is 1. The molecule has 19 heavy (non-hydrogen) atoms. The highest BCUT2D eigenvalue weighted by atomic mass is 16.1. The van der Waals surface area contributed by atoms with Crippen LogP contribution in [0.3, 0.4) is 0 Å². The molecule has 92 valence electrons. The van der Waals surface area contributed by atoms with E-state index in [9.17, 15) is 4.79 Å². The van der Waals surface area contributed by atoms with Crippen molar-refractivity contribution >= 4 is 0 Å². The van der Waals surface area contributed by atoms with Crippen molar-refractivity contribution in [2.45, 2.75) is 0 Å². The average Bonchev–Trinajstić information content (AvgIpc) is 2.49. The van der Waals surface area contributed by atoms with Gasteiger partial charge in [0.2, 0.25) is 0 Å². The second-order valence-electron chi connectivity index (χ2n) is 4.14. The maximum atomic E-state index is 12.1. The van der Waals surface area contributed by atoms with E-state index in [1.807, 2.05) is 60.7 Å². The van der Waals surface area contributed by atoms with E-state index in [-0.39, 0.29) is 5.56 Å². The minimum atomic E-state index is -0.0833. The van der Waals surface area contributed by atoms with Crippen molar-refractivity contribution in [3.05, 3.63) is 83.3 Å². The van der Waals surface area contributed by atoms with Crippen LogP contribution in [-0.4, -0.2) is 9.55 Å². The first-order chi connectivity index (χ1) is 9.36. The summed E-state index contributed by atoms with van der Waals surface area (Å²) < 4.78 is 1.62. The zero-order chi connectivity index (χ0) is 13.1. The van der Waals surface area contributed by atoms with Crippen molar-refractivity contribution < 1.29 is 0 Å². The Morgan fingerprint density at radius 2 is 1.42 bits per heavy atom. The van der Waals surface area contributed by atoms with Crippen LogP contribution in [0.1, 0.15) is 0 Å². The van der Waals surface area contributed by atoms with Gasteiger partial charge in [-0.05, 0) is 12.1 Å². The Kier molecular flexibility index (Phi) is 2.94. The highest BCUT2D eigenvalue weighted by molar-refractivity contribution is 5.57. The van der Waals surface area contributed by atoms with Gasteiger partial charge >= 0.3 is 0 Å². The SMILES string of the molecule is O=c1ccnc(-c2ccccc2)n1-c1ccccc1. The third-order valence-electron chi connectivity index (χ3n) is 2.89. The molecule has 0 atom stereocenters. The zero-order valence-corrected chi connectivity index (χ0v) is 10.2. The molecule has 3 aromatic rings. The number of hydrogen-bond acceptors (Lipinski definition) is 2. The average molecular weight is 248 g/mol. The first-order valence-corrected chi connectivity index (χ1v) is 6.05. The molecule has 0 aliphatic carbocycles. The maximum absolute atomic E-state index is 12.1. The van der Waals surface area contributed by atoms with Crippen LogP contribution < -0.4 is 5.56 Å². The van der Waals surface area contributed by atoms with Crippen molar-refractivity contribution in [2.24, 2.45) is 0 Å². The molecule has 0 fully saturated rings. The molecule has 0 aliphatic rings. The summed E-state index contributed by atoms with van der Waals surface area (Å²) in [7, 11) is 0. The standard InChI is InChI=1S/C16H12N2O/c19-15-11-12-17-16(13-7-3-1-4-8-13)18(15)14-9-5-2-6-10-14/h1-12H. The minimum Gasteiger partial charge on any atom is -0.269 e. The molecule has 0 saturated heterocycles. The molecule has 0 amide bonds. The van der Waals surface area contributed by atoms with Crippen LogP contribution in [0.5, 0.6) is 0 Å². The molecule has 3 nitrogen and oxygen atoms in total. The fourth-order valence-electron chi connectivity index (χ4n) is 2.03. The van der Waals surface area contributed by atoms with Crippen LogP contribution in [0.25, 0.3) is 17.1 Å². The van der Waals surface area contributed by atoms with Crippen LogP contribution in [0.15, 0.2) is 77.7 Å². The first kappa shape index (κ1) is 11.4. The lowest BCUT2D eigenvalue weighted by Crippen LogP contribution is -2.19. The smallest absolute Gasteiger partial charge is 0.258 e. The Bertz CT molecular complexity index is 733. The molecule has 1 aromatic heterocycles. The van der Waals surface area contributed by atoms with Crippen molar-refractivity contribution in [3.63, 3.8) is 0 Å². The minimum absolute atomic E-state index is 0.0833. The fourth-order valence-corrected chi connectivity index (χ4v) is 2.03. The highest BCUT2D eigenvalue weighted by Gasteiger charge is 2.08. The van der Waals surface area contributed by atoms with Crippen LogP contribution >= 0.6 is 0 Å². The molecule has 0 saturated carbocycles. The van der Waals surface area contributed by atoms with E-state index in [1.54, 1.807) is 10.8 Å². The van der Waals surface area contributed by atoms with E-state index in [4.69, 9.17) is 0 Å². The molecule has 0 spiro atoms. The van der Waals surface area contributed by atoms with Gasteiger partial charge in [0.05, 0.1) is 5.69 Å². The van der Waals surface area contributed by atoms with Gasteiger partial charge in [-0.2, -0.15) is 0 Å². The molecule has 2 aromatic carbocycles. The zero-order valence-electron chi connectivity index (χ0n) is 10.2. The summed E-state index contributed by atoms with van der Waals surface area (Å²) in [5.74, 6) is 0.652. The fraction of sp³-hybridized carbons (Fsp3) is 0. The third kappa shape index (κ3) is 2.18. The third-order valence-corrected chi connectivity index (χ3v) is 2.89. The van der Waals surface area contributed by atoms with Crippen molar-refractivity contribution in [3.8, 4) is 17.1 Å². The quantitative estimate of drug-likeness (QED) is 0.699. The van der Waals surface area contributed by atoms with Crippen LogP contribution in [0.2, 0.25) is 0 Å². The van der Waals surface area contributed by atoms with E-state index in [2.05, 4.69) is 4.98 Å². The Balaban J connectivity index is 2.28. The summed E-state index contributed by atoms with van der Waals surface area (Å²) >= 11 is 0. The number of nitrogens with zero attached hydrogens (tertiary/aromatic N) is 2. The molecular formula is C16H12N2O. The van der Waals surface area contributed by atoms with Gasteiger partial charge in [-0.25, -0.2) is 4.98 Å². The Hall–Kier alpha value is -2.68. The van der Waals surface area contributed by atoms with Gasteiger partial charge in [0.25, 0.3) is 5.56 Å². The highest BCUT2D eigenvalue weighted by Crippen LogP contribution is 2.17. The largest absolute Gasteiger partial charge is 0.269 e. The van der Waals surface area contributed by atoms with E-state index < -0.39 is 0 Å². The lowest BCUT2D eigenvalue weighted by Gasteiger charge is -2.11. The van der Waals surface area contributed by atoms with E-state index in [0.29, 0.717) is 5.82 Å². The molecule has 0 unspecified atom stereocenters. The summed E-state index contributed by atoms with van der Waals surface area (Å²) in [4.78, 5) is 16.5. The maximum Gasteiger partial charge on any atom is 0.258 e. The Morgan fingerprint density at radius 3 is 2.11 bits per heavy atom. The summed E-state index contributed by atoms with van der Waals surface area (Å²) in [5.41, 5.74) is 1.66.